The van der Waals surface area contributed by atoms with Gasteiger partial charge in [-0.05, 0) is 36.4 Å². The van der Waals surface area contributed by atoms with Crippen LogP contribution < -0.4 is 0 Å². The van der Waals surface area contributed by atoms with Crippen LogP contribution in [-0.2, 0) is 5.88 Å². The summed E-state index contributed by atoms with van der Waals surface area (Å²) in [5.41, 5.74) is 3.03. The lowest BCUT2D eigenvalue weighted by Gasteiger charge is -2.10. The third kappa shape index (κ3) is 2.53. The Morgan fingerprint density at radius 1 is 1.24 bits per heavy atom. The Hall–Kier alpha value is -1.54. The van der Waals surface area contributed by atoms with E-state index in [1.54, 1.807) is 18.2 Å². The molecular formula is C15H8BrCl2N3. The van der Waals surface area contributed by atoms with Gasteiger partial charge in [-0.25, -0.2) is 4.98 Å². The van der Waals surface area contributed by atoms with Gasteiger partial charge in [-0.3, -0.25) is 4.57 Å². The van der Waals surface area contributed by atoms with E-state index in [0.717, 1.165) is 21.2 Å². The Morgan fingerprint density at radius 3 is 2.71 bits per heavy atom. The van der Waals surface area contributed by atoms with Crippen molar-refractivity contribution in [3.63, 3.8) is 0 Å². The Kier molecular flexibility index (Phi) is 3.90. The van der Waals surface area contributed by atoms with Gasteiger partial charge in [-0.1, -0.05) is 27.5 Å². The summed E-state index contributed by atoms with van der Waals surface area (Å²) in [7, 11) is 0. The van der Waals surface area contributed by atoms with Crippen molar-refractivity contribution in [2.24, 2.45) is 0 Å². The van der Waals surface area contributed by atoms with Gasteiger partial charge in [0.25, 0.3) is 0 Å². The molecule has 2 aromatic carbocycles. The second kappa shape index (κ2) is 5.69. The van der Waals surface area contributed by atoms with Crippen molar-refractivity contribution >= 4 is 50.2 Å². The first kappa shape index (κ1) is 14.4. The zero-order valence-electron chi connectivity index (χ0n) is 10.6. The van der Waals surface area contributed by atoms with Crippen LogP contribution >= 0.6 is 39.1 Å². The van der Waals surface area contributed by atoms with Gasteiger partial charge in [0.05, 0.1) is 39.3 Å². The molecular weight excluding hydrogens is 373 g/mol. The number of halogens is 3. The predicted molar refractivity (Wildman–Crippen MR) is 88.1 cm³/mol. The second-order valence-corrected chi connectivity index (χ2v) is 6.00. The quantitative estimate of drug-likeness (QED) is 0.583. The summed E-state index contributed by atoms with van der Waals surface area (Å²) in [6.45, 7) is 0. The molecule has 3 rings (SSSR count). The molecule has 0 amide bonds. The molecule has 0 bridgehead atoms. The molecule has 0 radical (unpaired) electrons. The summed E-state index contributed by atoms with van der Waals surface area (Å²) in [5.74, 6) is 0.971. The molecule has 6 heteroatoms. The number of rotatable bonds is 2. The molecule has 0 aliphatic rings. The Morgan fingerprint density at radius 2 is 2.05 bits per heavy atom. The molecule has 0 saturated carbocycles. The van der Waals surface area contributed by atoms with Crippen molar-refractivity contribution in [3.8, 4) is 11.8 Å². The molecule has 21 heavy (non-hydrogen) atoms. The van der Waals surface area contributed by atoms with E-state index in [4.69, 9.17) is 28.5 Å². The molecule has 3 aromatic rings. The van der Waals surface area contributed by atoms with E-state index < -0.39 is 0 Å². The van der Waals surface area contributed by atoms with Gasteiger partial charge in [-0.15, -0.1) is 11.6 Å². The molecule has 0 unspecified atom stereocenters. The number of fused-ring (bicyclic) bond motifs is 1. The summed E-state index contributed by atoms with van der Waals surface area (Å²) in [4.78, 5) is 4.53. The molecule has 0 fully saturated rings. The molecule has 0 spiro atoms. The van der Waals surface area contributed by atoms with E-state index in [1.165, 1.54) is 0 Å². The van der Waals surface area contributed by atoms with Gasteiger partial charge in [0.2, 0.25) is 0 Å². The number of imidazole rings is 1. The molecule has 0 N–H and O–H groups in total. The Labute approximate surface area is 139 Å². The molecule has 0 aliphatic heterocycles. The van der Waals surface area contributed by atoms with E-state index in [9.17, 15) is 0 Å². The van der Waals surface area contributed by atoms with Crippen molar-refractivity contribution in [2.45, 2.75) is 5.88 Å². The summed E-state index contributed by atoms with van der Waals surface area (Å²) in [6.07, 6.45) is 0. The molecule has 3 nitrogen and oxygen atoms in total. The second-order valence-electron chi connectivity index (χ2n) is 4.41. The number of aromatic nitrogens is 2. The Bertz CT molecular complexity index is 880. The first-order valence-electron chi connectivity index (χ1n) is 6.07. The lowest BCUT2D eigenvalue weighted by atomic mass is 10.2. The van der Waals surface area contributed by atoms with E-state index in [2.05, 4.69) is 27.0 Å². The van der Waals surface area contributed by atoms with E-state index >= 15 is 0 Å². The van der Waals surface area contributed by atoms with Crippen molar-refractivity contribution in [2.75, 3.05) is 0 Å². The minimum absolute atomic E-state index is 0.266. The third-order valence-corrected chi connectivity index (χ3v) is 4.16. The molecule has 1 aromatic heterocycles. The number of nitriles is 1. The fourth-order valence-electron chi connectivity index (χ4n) is 2.22. The predicted octanol–water partition coefficient (Wildman–Crippen LogP) is 5.05. The molecule has 0 aliphatic carbocycles. The number of benzene rings is 2. The third-order valence-electron chi connectivity index (χ3n) is 3.12. The average Bonchev–Trinajstić information content (AvgIpc) is 2.84. The fraction of sp³-hybridized carbons (Fsp3) is 0.0667. The van der Waals surface area contributed by atoms with Crippen molar-refractivity contribution < 1.29 is 0 Å². The number of hydrogen-bond acceptors (Lipinski definition) is 2. The molecule has 104 valence electrons. The van der Waals surface area contributed by atoms with Crippen molar-refractivity contribution in [3.05, 3.63) is 57.3 Å². The maximum Gasteiger partial charge on any atom is 0.129 e. The van der Waals surface area contributed by atoms with Gasteiger partial charge in [-0.2, -0.15) is 5.26 Å². The maximum atomic E-state index is 8.93. The van der Waals surface area contributed by atoms with Crippen LogP contribution in [0.3, 0.4) is 0 Å². The van der Waals surface area contributed by atoms with Crippen LogP contribution in [0.2, 0.25) is 5.02 Å². The van der Waals surface area contributed by atoms with Crippen LogP contribution in [0.4, 0.5) is 0 Å². The van der Waals surface area contributed by atoms with E-state index in [0.29, 0.717) is 16.4 Å². The van der Waals surface area contributed by atoms with Crippen LogP contribution in [0.25, 0.3) is 16.7 Å². The van der Waals surface area contributed by atoms with Gasteiger partial charge in [0.15, 0.2) is 0 Å². The molecule has 1 heterocycles. The Balaban J connectivity index is 2.31. The number of nitrogens with zero attached hydrogens (tertiary/aromatic N) is 3. The van der Waals surface area contributed by atoms with Gasteiger partial charge >= 0.3 is 0 Å². The van der Waals surface area contributed by atoms with Gasteiger partial charge in [0.1, 0.15) is 5.82 Å². The standard InChI is InChI=1S/C15H8BrCl2N3/c16-10-2-4-14-12(6-10)20-15(7-17)21(14)13-3-1-9(8-19)5-11(13)18/h1-6H,7H2. The zero-order valence-corrected chi connectivity index (χ0v) is 13.7. The highest BCUT2D eigenvalue weighted by atomic mass is 79.9. The summed E-state index contributed by atoms with van der Waals surface area (Å²) < 4.78 is 2.87. The molecule has 0 saturated heterocycles. The fourth-order valence-corrected chi connectivity index (χ4v) is 3.01. The minimum atomic E-state index is 0.266. The van der Waals surface area contributed by atoms with Gasteiger partial charge < -0.3 is 0 Å². The topological polar surface area (TPSA) is 41.6 Å². The van der Waals surface area contributed by atoms with Crippen LogP contribution in [0.15, 0.2) is 40.9 Å². The highest BCUT2D eigenvalue weighted by molar-refractivity contribution is 9.10. The summed E-state index contributed by atoms with van der Waals surface area (Å²) in [6, 6.07) is 13.1. The SMILES string of the molecule is N#Cc1ccc(-n2c(CCl)nc3cc(Br)ccc32)c(Cl)c1. The van der Waals surface area contributed by atoms with Crippen LogP contribution in [0, 0.1) is 11.3 Å². The number of hydrogen-bond donors (Lipinski definition) is 0. The highest BCUT2D eigenvalue weighted by Crippen LogP contribution is 2.29. The monoisotopic (exact) mass is 379 g/mol. The van der Waals surface area contributed by atoms with E-state index in [-0.39, 0.29) is 5.88 Å². The van der Waals surface area contributed by atoms with Crippen LogP contribution in [0.5, 0.6) is 0 Å². The molecule has 0 atom stereocenters. The number of alkyl halides is 1. The first-order valence-corrected chi connectivity index (χ1v) is 7.77. The average molecular weight is 381 g/mol. The van der Waals surface area contributed by atoms with Crippen LogP contribution in [0.1, 0.15) is 11.4 Å². The summed E-state index contributed by atoms with van der Waals surface area (Å²) >= 11 is 15.8. The van der Waals surface area contributed by atoms with Crippen molar-refractivity contribution in [1.29, 1.82) is 5.26 Å². The van der Waals surface area contributed by atoms with E-state index in [1.807, 2.05) is 22.8 Å². The van der Waals surface area contributed by atoms with Gasteiger partial charge in [0, 0.05) is 4.47 Å². The lowest BCUT2D eigenvalue weighted by molar-refractivity contribution is 0.982. The van der Waals surface area contributed by atoms with Crippen LogP contribution in [-0.4, -0.2) is 9.55 Å². The summed E-state index contributed by atoms with van der Waals surface area (Å²) in [5, 5.41) is 9.42. The van der Waals surface area contributed by atoms with Crippen molar-refractivity contribution in [1.82, 2.24) is 9.55 Å². The minimum Gasteiger partial charge on any atom is -0.294 e. The largest absolute Gasteiger partial charge is 0.294 e. The zero-order chi connectivity index (χ0) is 15.0. The normalized spacial score (nSPS) is 10.8. The highest BCUT2D eigenvalue weighted by Gasteiger charge is 2.14. The lowest BCUT2D eigenvalue weighted by Crippen LogP contribution is -2.00. The smallest absolute Gasteiger partial charge is 0.129 e. The first-order chi connectivity index (χ1) is 10.1. The maximum absolute atomic E-state index is 8.93.